The molecule has 20 heavy (non-hydrogen) atoms. The van der Waals surface area contributed by atoms with E-state index in [2.05, 4.69) is 30.6 Å². The highest BCUT2D eigenvalue weighted by Crippen LogP contribution is 2.24. The van der Waals surface area contributed by atoms with Gasteiger partial charge in [0.25, 0.3) is 5.09 Å². The van der Waals surface area contributed by atoms with Gasteiger partial charge in [-0.05, 0) is 19.3 Å². The molecule has 116 valence electrons. The van der Waals surface area contributed by atoms with Gasteiger partial charge in [-0.1, -0.05) is 27.7 Å². The highest BCUT2D eigenvalue weighted by molar-refractivity contribution is 7.11. The monoisotopic (exact) mass is 303 g/mol. The highest BCUT2D eigenvalue weighted by atomic mass is 32.1. The fourth-order valence-electron chi connectivity index (χ4n) is 1.23. The van der Waals surface area contributed by atoms with E-state index in [0.717, 1.165) is 27.9 Å². The summed E-state index contributed by atoms with van der Waals surface area (Å²) in [6.45, 7) is 10.4. The molecule has 0 amide bonds. The SMILES string of the molecule is CC(C)C.CCC(N)c1nc(C)c(CCO[N+](=O)[O-])s1. The largest absolute Gasteiger partial charge is 0.322 e. The number of thiazole rings is 1. The lowest BCUT2D eigenvalue weighted by atomic mass is 10.2. The zero-order valence-electron chi connectivity index (χ0n) is 12.9. The van der Waals surface area contributed by atoms with E-state index in [0.29, 0.717) is 6.42 Å². The van der Waals surface area contributed by atoms with Crippen LogP contribution in [0.1, 0.15) is 55.7 Å². The van der Waals surface area contributed by atoms with Crippen LogP contribution in [0.3, 0.4) is 0 Å². The van der Waals surface area contributed by atoms with Gasteiger partial charge in [0.15, 0.2) is 0 Å². The predicted octanol–water partition coefficient (Wildman–Crippen LogP) is 3.27. The number of hydrogen-bond acceptors (Lipinski definition) is 6. The van der Waals surface area contributed by atoms with Gasteiger partial charge in [-0.3, -0.25) is 0 Å². The smallest absolute Gasteiger partial charge is 0.294 e. The fourth-order valence-corrected chi connectivity index (χ4v) is 2.36. The van der Waals surface area contributed by atoms with Crippen molar-refractivity contribution in [3.05, 3.63) is 25.7 Å². The van der Waals surface area contributed by atoms with Crippen molar-refractivity contribution in [3.63, 3.8) is 0 Å². The van der Waals surface area contributed by atoms with Gasteiger partial charge >= 0.3 is 0 Å². The first-order valence-corrected chi connectivity index (χ1v) is 7.58. The molecule has 2 N–H and O–H groups in total. The molecule has 0 saturated carbocycles. The Morgan fingerprint density at radius 1 is 1.45 bits per heavy atom. The predicted molar refractivity (Wildman–Crippen MR) is 81.2 cm³/mol. The van der Waals surface area contributed by atoms with Crippen LogP contribution in [-0.4, -0.2) is 16.7 Å². The lowest BCUT2D eigenvalue weighted by Gasteiger charge is -2.02. The number of aryl methyl sites for hydroxylation is 1. The standard InChI is InChI=1S/C9H15N3O3S.C4H10/c1-3-7(10)9-11-6(2)8(16-9)4-5-15-12(13)14;1-4(2)3/h7H,3-5,10H2,1-2H3;4H,1-3H3. The van der Waals surface area contributed by atoms with Crippen molar-refractivity contribution in [3.8, 4) is 0 Å². The molecule has 1 unspecified atom stereocenters. The Morgan fingerprint density at radius 2 is 2.00 bits per heavy atom. The molecule has 0 aliphatic carbocycles. The number of rotatable bonds is 6. The topological polar surface area (TPSA) is 91.3 Å². The van der Waals surface area contributed by atoms with E-state index in [1.165, 1.54) is 11.3 Å². The molecule has 6 nitrogen and oxygen atoms in total. The van der Waals surface area contributed by atoms with E-state index in [1.54, 1.807) is 0 Å². The van der Waals surface area contributed by atoms with Gasteiger partial charge in [0, 0.05) is 11.3 Å². The van der Waals surface area contributed by atoms with Crippen LogP contribution in [0.15, 0.2) is 0 Å². The van der Waals surface area contributed by atoms with E-state index in [9.17, 15) is 10.1 Å². The van der Waals surface area contributed by atoms with Crippen LogP contribution in [0, 0.1) is 23.0 Å². The Morgan fingerprint density at radius 3 is 2.45 bits per heavy atom. The Bertz CT molecular complexity index is 405. The lowest BCUT2D eigenvalue weighted by molar-refractivity contribution is -0.757. The van der Waals surface area contributed by atoms with Crippen molar-refractivity contribution in [1.29, 1.82) is 0 Å². The van der Waals surface area contributed by atoms with Gasteiger partial charge in [-0.15, -0.1) is 21.5 Å². The Kier molecular flexibility index (Phi) is 9.07. The number of nitrogens with two attached hydrogens (primary N) is 1. The zero-order valence-corrected chi connectivity index (χ0v) is 13.7. The normalized spacial score (nSPS) is 11.8. The fraction of sp³-hybridized carbons (Fsp3) is 0.769. The van der Waals surface area contributed by atoms with Crippen molar-refractivity contribution in [1.82, 2.24) is 4.98 Å². The second-order valence-corrected chi connectivity index (χ2v) is 6.23. The van der Waals surface area contributed by atoms with Crippen molar-refractivity contribution < 1.29 is 9.92 Å². The van der Waals surface area contributed by atoms with Gasteiger partial charge in [-0.25, -0.2) is 4.98 Å². The molecule has 1 rings (SSSR count). The van der Waals surface area contributed by atoms with Crippen LogP contribution in [0.4, 0.5) is 0 Å². The van der Waals surface area contributed by atoms with E-state index in [1.807, 2.05) is 13.8 Å². The molecule has 0 bridgehead atoms. The summed E-state index contributed by atoms with van der Waals surface area (Å²) in [6.07, 6.45) is 1.33. The van der Waals surface area contributed by atoms with Crippen LogP contribution >= 0.6 is 11.3 Å². The maximum atomic E-state index is 9.99. The summed E-state index contributed by atoms with van der Waals surface area (Å²) >= 11 is 1.51. The molecular weight excluding hydrogens is 278 g/mol. The van der Waals surface area contributed by atoms with Crippen molar-refractivity contribution in [2.75, 3.05) is 6.61 Å². The molecular formula is C13H25N3O3S. The molecule has 0 aliphatic rings. The van der Waals surface area contributed by atoms with Gasteiger partial charge in [0.2, 0.25) is 0 Å². The third-order valence-corrected chi connectivity index (χ3v) is 3.54. The summed E-state index contributed by atoms with van der Waals surface area (Å²) in [5, 5.41) is 10.1. The minimum Gasteiger partial charge on any atom is -0.322 e. The quantitative estimate of drug-likeness (QED) is 0.643. The highest BCUT2D eigenvalue weighted by Gasteiger charge is 2.12. The van der Waals surface area contributed by atoms with Crippen LogP contribution in [-0.2, 0) is 11.3 Å². The van der Waals surface area contributed by atoms with Gasteiger partial charge in [-0.2, -0.15) is 0 Å². The Labute approximate surface area is 124 Å². The Hall–Kier alpha value is -1.21. The zero-order chi connectivity index (χ0) is 15.7. The first-order valence-electron chi connectivity index (χ1n) is 6.76. The molecule has 0 aromatic carbocycles. The summed E-state index contributed by atoms with van der Waals surface area (Å²) in [7, 11) is 0. The molecule has 7 heteroatoms. The minimum absolute atomic E-state index is 0.0473. The average molecular weight is 303 g/mol. The first kappa shape index (κ1) is 18.8. The lowest BCUT2D eigenvalue weighted by Crippen LogP contribution is -2.07. The van der Waals surface area contributed by atoms with Crippen LogP contribution in [0.5, 0.6) is 0 Å². The van der Waals surface area contributed by atoms with Crippen LogP contribution < -0.4 is 5.73 Å². The van der Waals surface area contributed by atoms with Crippen molar-refractivity contribution >= 4 is 11.3 Å². The summed E-state index contributed by atoms with van der Waals surface area (Å²) in [6, 6.07) is -0.0473. The van der Waals surface area contributed by atoms with E-state index < -0.39 is 5.09 Å². The van der Waals surface area contributed by atoms with Crippen molar-refractivity contribution in [2.45, 2.75) is 53.5 Å². The van der Waals surface area contributed by atoms with Crippen LogP contribution in [0.25, 0.3) is 0 Å². The summed E-state index contributed by atoms with van der Waals surface area (Å²) in [4.78, 5) is 19.6. The van der Waals surface area contributed by atoms with Crippen LogP contribution in [0.2, 0.25) is 0 Å². The molecule has 1 heterocycles. The first-order chi connectivity index (χ1) is 9.27. The van der Waals surface area contributed by atoms with E-state index in [-0.39, 0.29) is 12.6 Å². The van der Waals surface area contributed by atoms with Gasteiger partial charge < -0.3 is 10.6 Å². The van der Waals surface area contributed by atoms with E-state index >= 15 is 0 Å². The number of aromatic nitrogens is 1. The number of nitrogens with zero attached hydrogens (tertiary/aromatic N) is 2. The summed E-state index contributed by atoms with van der Waals surface area (Å²) < 4.78 is 0. The summed E-state index contributed by atoms with van der Waals surface area (Å²) in [5.41, 5.74) is 6.75. The minimum atomic E-state index is -0.783. The van der Waals surface area contributed by atoms with Gasteiger partial charge in [0.05, 0.1) is 11.7 Å². The molecule has 0 aliphatic heterocycles. The maximum Gasteiger partial charge on any atom is 0.294 e. The average Bonchev–Trinajstić information content (AvgIpc) is 2.69. The molecule has 1 aromatic heterocycles. The molecule has 0 saturated heterocycles. The molecule has 1 atom stereocenters. The maximum absolute atomic E-state index is 9.99. The Balaban J connectivity index is 0.000000796. The third-order valence-electron chi connectivity index (χ3n) is 2.19. The molecule has 0 radical (unpaired) electrons. The van der Waals surface area contributed by atoms with E-state index in [4.69, 9.17) is 5.73 Å². The van der Waals surface area contributed by atoms with Gasteiger partial charge in [0.1, 0.15) is 11.6 Å². The molecule has 1 aromatic rings. The molecule has 0 fully saturated rings. The number of hydrogen-bond donors (Lipinski definition) is 1. The second-order valence-electron chi connectivity index (χ2n) is 5.11. The summed E-state index contributed by atoms with van der Waals surface area (Å²) in [5.74, 6) is 0.833. The molecule has 0 spiro atoms. The van der Waals surface area contributed by atoms with Crippen molar-refractivity contribution in [2.24, 2.45) is 11.7 Å². The second kappa shape index (κ2) is 9.66. The third kappa shape index (κ3) is 8.06.